The summed E-state index contributed by atoms with van der Waals surface area (Å²) >= 11 is 0. The minimum atomic E-state index is 0.699. The number of rotatable bonds is 4. The smallest absolute Gasteiger partial charge is 0.0107 e. The van der Waals surface area contributed by atoms with Crippen LogP contribution in [0.5, 0.6) is 0 Å². The van der Waals surface area contributed by atoms with Gasteiger partial charge in [-0.1, -0.05) is 12.8 Å². The molecule has 1 aliphatic carbocycles. The molecule has 3 atom stereocenters. The molecule has 3 heteroatoms. The van der Waals surface area contributed by atoms with E-state index < -0.39 is 0 Å². The van der Waals surface area contributed by atoms with E-state index in [1.807, 2.05) is 0 Å². The molecule has 1 saturated heterocycles. The first-order valence-electron chi connectivity index (χ1n) is 6.91. The summed E-state index contributed by atoms with van der Waals surface area (Å²) in [7, 11) is 2.23. The summed E-state index contributed by atoms with van der Waals surface area (Å²) in [5.41, 5.74) is 5.85. The Morgan fingerprint density at radius 1 is 1.25 bits per heavy atom. The minimum Gasteiger partial charge on any atom is -0.330 e. The minimum absolute atomic E-state index is 0.699. The number of nitrogens with zero attached hydrogens (tertiary/aromatic N) is 1. The van der Waals surface area contributed by atoms with Crippen LogP contribution in [0.2, 0.25) is 0 Å². The van der Waals surface area contributed by atoms with E-state index >= 15 is 0 Å². The molecule has 0 aromatic heterocycles. The zero-order valence-corrected chi connectivity index (χ0v) is 10.6. The van der Waals surface area contributed by atoms with Crippen LogP contribution in [0.25, 0.3) is 0 Å². The molecule has 0 bridgehead atoms. The fraction of sp³-hybridized carbons (Fsp3) is 1.00. The van der Waals surface area contributed by atoms with Gasteiger partial charge in [-0.25, -0.2) is 0 Å². The van der Waals surface area contributed by atoms with Gasteiger partial charge in [0.05, 0.1) is 0 Å². The van der Waals surface area contributed by atoms with E-state index in [1.54, 1.807) is 0 Å². The molecule has 3 unspecified atom stereocenters. The van der Waals surface area contributed by atoms with Crippen molar-refractivity contribution in [2.45, 2.75) is 38.1 Å². The second-order valence-corrected chi connectivity index (χ2v) is 5.71. The molecule has 2 fully saturated rings. The highest BCUT2D eigenvalue weighted by molar-refractivity contribution is 4.83. The van der Waals surface area contributed by atoms with E-state index in [-0.39, 0.29) is 0 Å². The van der Waals surface area contributed by atoms with Gasteiger partial charge in [0.15, 0.2) is 0 Å². The van der Waals surface area contributed by atoms with Gasteiger partial charge in [-0.3, -0.25) is 0 Å². The molecule has 2 aliphatic rings. The second kappa shape index (κ2) is 5.99. The Labute approximate surface area is 99.8 Å². The Hall–Kier alpha value is -0.120. The van der Waals surface area contributed by atoms with Crippen molar-refractivity contribution in [2.75, 3.05) is 33.2 Å². The highest BCUT2D eigenvalue weighted by Gasteiger charge is 2.25. The van der Waals surface area contributed by atoms with Crippen LogP contribution in [-0.4, -0.2) is 44.2 Å². The standard InChI is InChI=1S/C13H27N3/c1-16-7-6-11(10-16)9-15-13-5-3-2-4-12(13)8-14/h11-13,15H,2-10,14H2,1H3. The highest BCUT2D eigenvalue weighted by atomic mass is 15.1. The monoisotopic (exact) mass is 225 g/mol. The van der Waals surface area contributed by atoms with E-state index in [9.17, 15) is 0 Å². The number of hydrogen-bond acceptors (Lipinski definition) is 3. The Kier molecular flexibility index (Phi) is 4.62. The predicted octanol–water partition coefficient (Wildman–Crippen LogP) is 1.05. The van der Waals surface area contributed by atoms with Gasteiger partial charge < -0.3 is 16.0 Å². The van der Waals surface area contributed by atoms with E-state index in [1.165, 1.54) is 51.7 Å². The summed E-state index contributed by atoms with van der Waals surface area (Å²) in [5, 5.41) is 3.78. The van der Waals surface area contributed by atoms with Crippen molar-refractivity contribution in [3.05, 3.63) is 0 Å². The lowest BCUT2D eigenvalue weighted by Gasteiger charge is -2.32. The molecule has 0 spiro atoms. The van der Waals surface area contributed by atoms with Crippen molar-refractivity contribution in [3.63, 3.8) is 0 Å². The van der Waals surface area contributed by atoms with Crippen molar-refractivity contribution in [2.24, 2.45) is 17.6 Å². The van der Waals surface area contributed by atoms with Gasteiger partial charge >= 0.3 is 0 Å². The fourth-order valence-corrected chi connectivity index (χ4v) is 3.27. The molecule has 0 aromatic carbocycles. The molecule has 0 aromatic rings. The topological polar surface area (TPSA) is 41.3 Å². The zero-order chi connectivity index (χ0) is 11.4. The third kappa shape index (κ3) is 3.19. The van der Waals surface area contributed by atoms with Gasteiger partial charge in [-0.05, 0) is 57.8 Å². The molecule has 1 heterocycles. The Morgan fingerprint density at radius 2 is 2.06 bits per heavy atom. The van der Waals surface area contributed by atoms with Gasteiger partial charge in [0.25, 0.3) is 0 Å². The molecule has 2 rings (SSSR count). The van der Waals surface area contributed by atoms with Crippen LogP contribution in [0.15, 0.2) is 0 Å². The van der Waals surface area contributed by atoms with Crippen molar-refractivity contribution >= 4 is 0 Å². The first-order chi connectivity index (χ1) is 7.79. The van der Waals surface area contributed by atoms with Gasteiger partial charge in [-0.2, -0.15) is 0 Å². The molecule has 1 saturated carbocycles. The van der Waals surface area contributed by atoms with Gasteiger partial charge in [0, 0.05) is 12.6 Å². The van der Waals surface area contributed by atoms with Crippen LogP contribution in [0.3, 0.4) is 0 Å². The first kappa shape index (κ1) is 12.3. The number of likely N-dealkylation sites (tertiary alicyclic amines) is 1. The molecule has 1 aliphatic heterocycles. The van der Waals surface area contributed by atoms with Crippen LogP contribution < -0.4 is 11.1 Å². The molecule has 3 nitrogen and oxygen atoms in total. The molecule has 94 valence electrons. The third-order valence-corrected chi connectivity index (χ3v) is 4.37. The lowest BCUT2D eigenvalue weighted by atomic mass is 9.84. The molecular formula is C13H27N3. The lowest BCUT2D eigenvalue weighted by molar-refractivity contribution is 0.256. The van der Waals surface area contributed by atoms with E-state index in [4.69, 9.17) is 5.73 Å². The van der Waals surface area contributed by atoms with E-state index in [0.29, 0.717) is 6.04 Å². The van der Waals surface area contributed by atoms with Crippen molar-refractivity contribution in [3.8, 4) is 0 Å². The van der Waals surface area contributed by atoms with Crippen LogP contribution >= 0.6 is 0 Å². The Bertz CT molecular complexity index is 207. The normalized spacial score (nSPS) is 36.8. The summed E-state index contributed by atoms with van der Waals surface area (Å²) in [6.07, 6.45) is 6.80. The van der Waals surface area contributed by atoms with E-state index in [0.717, 1.165) is 18.4 Å². The average molecular weight is 225 g/mol. The first-order valence-corrected chi connectivity index (χ1v) is 6.91. The summed E-state index contributed by atoms with van der Waals surface area (Å²) in [6.45, 7) is 4.61. The summed E-state index contributed by atoms with van der Waals surface area (Å²) in [6, 6.07) is 0.699. The molecule has 3 N–H and O–H groups in total. The summed E-state index contributed by atoms with van der Waals surface area (Å²) in [5.74, 6) is 1.60. The number of hydrogen-bond donors (Lipinski definition) is 2. The van der Waals surface area contributed by atoms with Crippen LogP contribution in [-0.2, 0) is 0 Å². The van der Waals surface area contributed by atoms with Crippen LogP contribution in [0.4, 0.5) is 0 Å². The maximum Gasteiger partial charge on any atom is 0.0107 e. The SMILES string of the molecule is CN1CCC(CNC2CCCCC2CN)C1. The van der Waals surface area contributed by atoms with E-state index in [2.05, 4.69) is 17.3 Å². The van der Waals surface area contributed by atoms with Gasteiger partial charge in [0.1, 0.15) is 0 Å². The predicted molar refractivity (Wildman–Crippen MR) is 68.4 cm³/mol. The maximum atomic E-state index is 5.85. The molecule has 16 heavy (non-hydrogen) atoms. The third-order valence-electron chi connectivity index (χ3n) is 4.37. The van der Waals surface area contributed by atoms with Crippen molar-refractivity contribution < 1.29 is 0 Å². The number of nitrogens with one attached hydrogen (secondary N) is 1. The lowest BCUT2D eigenvalue weighted by Crippen LogP contribution is -2.43. The highest BCUT2D eigenvalue weighted by Crippen LogP contribution is 2.24. The van der Waals surface area contributed by atoms with Gasteiger partial charge in [0.2, 0.25) is 0 Å². The average Bonchev–Trinajstić information content (AvgIpc) is 2.73. The molecule has 0 radical (unpaired) electrons. The molecular weight excluding hydrogens is 198 g/mol. The second-order valence-electron chi connectivity index (χ2n) is 5.71. The molecule has 0 amide bonds. The summed E-state index contributed by atoms with van der Waals surface area (Å²) in [4.78, 5) is 2.44. The Morgan fingerprint density at radius 3 is 2.75 bits per heavy atom. The Balaban J connectivity index is 1.71. The van der Waals surface area contributed by atoms with Crippen molar-refractivity contribution in [1.29, 1.82) is 0 Å². The largest absolute Gasteiger partial charge is 0.330 e. The quantitative estimate of drug-likeness (QED) is 0.751. The fourth-order valence-electron chi connectivity index (χ4n) is 3.27. The van der Waals surface area contributed by atoms with Crippen LogP contribution in [0.1, 0.15) is 32.1 Å². The zero-order valence-electron chi connectivity index (χ0n) is 10.6. The van der Waals surface area contributed by atoms with Crippen LogP contribution in [0, 0.1) is 11.8 Å². The number of nitrogens with two attached hydrogens (primary N) is 1. The summed E-state index contributed by atoms with van der Waals surface area (Å²) < 4.78 is 0. The maximum absolute atomic E-state index is 5.85. The van der Waals surface area contributed by atoms with Gasteiger partial charge in [-0.15, -0.1) is 0 Å². The van der Waals surface area contributed by atoms with Crippen molar-refractivity contribution in [1.82, 2.24) is 10.2 Å².